The number of rotatable bonds is 42. The van der Waals surface area contributed by atoms with Gasteiger partial charge in [-0.3, -0.25) is 4.79 Å². The Morgan fingerprint density at radius 1 is 0.435 bits per heavy atom. The highest BCUT2D eigenvalue weighted by molar-refractivity contribution is 5.76. The largest absolute Gasteiger partial charge is 0.394 e. The fraction of sp³-hybridized carbons (Fsp3) is 0.621. The Kier molecular flexibility index (Phi) is 41.2. The SMILES string of the molecule is CC/C=C\C/C=C\C/C=C\C/C=C\C/C=C\C/C=C\C/C=C\C/C=C\C/C=C\CCCC(=O)NC(COC1OC(CO)C(OC2OC(CO)C(OC3OC(CO)C(O)C(O)C3O)C(O)C2O)C(O)C1O)C(O)/C=C/CC/C=C/CC/C=C/CCC. The number of carbonyl (C=O) groups is 1. The Balaban J connectivity index is 1.47. The van der Waals surface area contributed by atoms with Crippen molar-refractivity contribution in [3.05, 3.63) is 146 Å². The number of amides is 1. The van der Waals surface area contributed by atoms with Crippen molar-refractivity contribution in [1.82, 2.24) is 5.32 Å². The number of allylic oxidation sites excluding steroid dienone is 23. The topological polar surface area (TPSA) is 307 Å². The van der Waals surface area contributed by atoms with Gasteiger partial charge in [-0.25, -0.2) is 0 Å². The van der Waals surface area contributed by atoms with Crippen LogP contribution in [-0.2, 0) is 33.2 Å². The smallest absolute Gasteiger partial charge is 0.220 e. The second-order valence-electron chi connectivity index (χ2n) is 21.1. The lowest BCUT2D eigenvalue weighted by Gasteiger charge is -2.48. The lowest BCUT2D eigenvalue weighted by molar-refractivity contribution is -0.379. The van der Waals surface area contributed by atoms with E-state index in [2.05, 4.69) is 141 Å². The number of aliphatic hydroxyl groups excluding tert-OH is 11. The molecule has 3 aliphatic rings. The number of aliphatic hydroxyl groups is 11. The van der Waals surface area contributed by atoms with Crippen molar-refractivity contribution in [2.45, 2.75) is 234 Å². The summed E-state index contributed by atoms with van der Waals surface area (Å²) < 4.78 is 34.1. The molecule has 0 aromatic rings. The van der Waals surface area contributed by atoms with E-state index in [0.717, 1.165) is 89.9 Å². The lowest BCUT2D eigenvalue weighted by atomic mass is 9.96. The summed E-state index contributed by atoms with van der Waals surface area (Å²) in [5.74, 6) is -0.358. The van der Waals surface area contributed by atoms with Crippen molar-refractivity contribution in [2.24, 2.45) is 0 Å². The van der Waals surface area contributed by atoms with Crippen LogP contribution in [0, 0.1) is 0 Å². The van der Waals surface area contributed by atoms with Crippen LogP contribution in [0.2, 0.25) is 0 Å². The van der Waals surface area contributed by atoms with Gasteiger partial charge in [0.05, 0.1) is 38.6 Å². The zero-order valence-corrected chi connectivity index (χ0v) is 50.0. The molecular weight excluding hydrogens is 1090 g/mol. The average molecular weight is 1200 g/mol. The third-order valence-electron chi connectivity index (χ3n) is 14.1. The maximum atomic E-state index is 13.3. The van der Waals surface area contributed by atoms with Gasteiger partial charge in [0, 0.05) is 6.42 Å². The van der Waals surface area contributed by atoms with Crippen LogP contribution in [0.1, 0.15) is 129 Å². The predicted octanol–water partition coefficient (Wildman–Crippen LogP) is 6.03. The van der Waals surface area contributed by atoms with Crippen LogP contribution in [0.4, 0.5) is 0 Å². The molecule has 0 radical (unpaired) electrons. The number of ether oxygens (including phenoxy) is 6. The average Bonchev–Trinajstić information content (AvgIpc) is 3.05. The van der Waals surface area contributed by atoms with Gasteiger partial charge in [0.2, 0.25) is 5.91 Å². The number of unbranched alkanes of at least 4 members (excludes halogenated alkanes) is 4. The summed E-state index contributed by atoms with van der Waals surface area (Å²) >= 11 is 0. The zero-order valence-electron chi connectivity index (χ0n) is 50.0. The highest BCUT2D eigenvalue weighted by Crippen LogP contribution is 2.33. The van der Waals surface area contributed by atoms with Crippen molar-refractivity contribution in [3.8, 4) is 0 Å². The van der Waals surface area contributed by atoms with Crippen molar-refractivity contribution in [1.29, 1.82) is 0 Å². The van der Waals surface area contributed by atoms with Gasteiger partial charge >= 0.3 is 0 Å². The fourth-order valence-corrected chi connectivity index (χ4v) is 9.11. The molecule has 1 amide bonds. The van der Waals surface area contributed by atoms with Crippen LogP contribution in [0.15, 0.2) is 146 Å². The van der Waals surface area contributed by atoms with Gasteiger partial charge in [-0.05, 0) is 103 Å². The molecule has 12 N–H and O–H groups in total. The first-order chi connectivity index (χ1) is 41.3. The molecule has 17 unspecified atom stereocenters. The summed E-state index contributed by atoms with van der Waals surface area (Å²) in [4.78, 5) is 13.3. The minimum Gasteiger partial charge on any atom is -0.394 e. The standard InChI is InChI=1S/C66H103NO18/c1-3-5-7-9-11-13-15-16-17-18-19-20-21-22-23-24-25-26-27-28-29-30-31-32-34-36-38-40-42-44-54(72)67-49(50(71)43-41-39-37-35-33-14-12-10-8-6-4-2)48-80-64-60(78)57(75)62(52(46-69)82-64)85-66-61(79)58(76)63(53(47-70)83-66)84-65-59(77)56(74)55(73)51(45-68)81-65/h5,7-8,10-11,13,16-17,19-20,22-23,25-26,28-29,31-33,35-36,38,41,43,49-53,55-66,68-71,73-79H,3-4,6,9,12,14-15,18,21,24,27,30,34,37,39-40,42,44-48H2,1-2H3,(H,67,72)/b7-5-,10-8+,13-11-,17-16-,20-19-,23-22-,26-25-,29-28-,32-31-,35-33+,38-36-,43-41+. The summed E-state index contributed by atoms with van der Waals surface area (Å²) in [5.41, 5.74) is 0. The maximum Gasteiger partial charge on any atom is 0.220 e. The quantitative estimate of drug-likeness (QED) is 0.0245. The molecule has 0 aliphatic carbocycles. The lowest BCUT2D eigenvalue weighted by Crippen LogP contribution is -2.66. The van der Waals surface area contributed by atoms with Gasteiger partial charge in [-0.15, -0.1) is 0 Å². The molecule has 0 aromatic heterocycles. The van der Waals surface area contributed by atoms with Crippen molar-refractivity contribution >= 4 is 5.91 Å². The second-order valence-corrected chi connectivity index (χ2v) is 21.1. The molecule has 480 valence electrons. The predicted molar refractivity (Wildman–Crippen MR) is 327 cm³/mol. The van der Waals surface area contributed by atoms with Crippen LogP contribution in [0.25, 0.3) is 0 Å². The zero-order chi connectivity index (χ0) is 61.9. The molecule has 3 heterocycles. The monoisotopic (exact) mass is 1200 g/mol. The molecule has 17 atom stereocenters. The molecule has 85 heavy (non-hydrogen) atoms. The summed E-state index contributed by atoms with van der Waals surface area (Å²) in [6.07, 6.45) is 38.5. The second kappa shape index (κ2) is 46.8. The minimum absolute atomic E-state index is 0.140. The van der Waals surface area contributed by atoms with E-state index in [1.165, 1.54) is 0 Å². The Labute approximate surface area is 504 Å². The van der Waals surface area contributed by atoms with Gasteiger partial charge in [-0.2, -0.15) is 0 Å². The molecule has 0 saturated carbocycles. The van der Waals surface area contributed by atoms with Crippen LogP contribution in [0.3, 0.4) is 0 Å². The van der Waals surface area contributed by atoms with Crippen molar-refractivity contribution in [3.63, 3.8) is 0 Å². The van der Waals surface area contributed by atoms with Crippen molar-refractivity contribution in [2.75, 3.05) is 26.4 Å². The normalized spacial score (nSPS) is 30.0. The van der Waals surface area contributed by atoms with E-state index in [1.54, 1.807) is 12.2 Å². The van der Waals surface area contributed by atoms with Crippen LogP contribution in [-0.4, -0.2) is 193 Å². The summed E-state index contributed by atoms with van der Waals surface area (Å²) in [5, 5.41) is 120. The Hall–Kier alpha value is -4.33. The van der Waals surface area contributed by atoms with Gasteiger partial charge < -0.3 is 89.9 Å². The van der Waals surface area contributed by atoms with E-state index < -0.39 is 131 Å². The van der Waals surface area contributed by atoms with E-state index in [1.807, 2.05) is 12.2 Å². The Morgan fingerprint density at radius 2 is 0.800 bits per heavy atom. The molecule has 19 nitrogen and oxygen atoms in total. The molecule has 3 fully saturated rings. The Bertz CT molecular complexity index is 2110. The molecule has 3 aliphatic heterocycles. The first kappa shape index (κ1) is 74.9. The molecular formula is C66H103NO18. The number of nitrogens with one attached hydrogen (secondary N) is 1. The minimum atomic E-state index is -1.99. The van der Waals surface area contributed by atoms with E-state index in [0.29, 0.717) is 19.3 Å². The van der Waals surface area contributed by atoms with Crippen LogP contribution >= 0.6 is 0 Å². The van der Waals surface area contributed by atoms with E-state index >= 15 is 0 Å². The number of hydrogen-bond donors (Lipinski definition) is 12. The molecule has 19 heteroatoms. The molecule has 0 spiro atoms. The Morgan fingerprint density at radius 3 is 1.24 bits per heavy atom. The summed E-state index contributed by atoms with van der Waals surface area (Å²) in [7, 11) is 0. The molecule has 0 aromatic carbocycles. The molecule has 3 saturated heterocycles. The first-order valence-corrected chi connectivity index (χ1v) is 30.6. The van der Waals surface area contributed by atoms with Gasteiger partial charge in [0.15, 0.2) is 18.9 Å². The third-order valence-corrected chi connectivity index (χ3v) is 14.1. The van der Waals surface area contributed by atoms with Gasteiger partial charge in [0.1, 0.15) is 73.2 Å². The molecule has 3 rings (SSSR count). The fourth-order valence-electron chi connectivity index (χ4n) is 9.11. The maximum absolute atomic E-state index is 13.3. The van der Waals surface area contributed by atoms with E-state index in [-0.39, 0.29) is 12.3 Å². The number of carbonyl (C=O) groups excluding carboxylic acids is 1. The highest BCUT2D eigenvalue weighted by atomic mass is 16.8. The first-order valence-electron chi connectivity index (χ1n) is 30.6. The van der Waals surface area contributed by atoms with Crippen LogP contribution in [0.5, 0.6) is 0 Å². The summed E-state index contributed by atoms with van der Waals surface area (Å²) in [6, 6.07) is -1.04. The molecule has 0 bridgehead atoms. The highest BCUT2D eigenvalue weighted by Gasteiger charge is 2.53. The third kappa shape index (κ3) is 30.0. The number of hydrogen-bond acceptors (Lipinski definition) is 18. The van der Waals surface area contributed by atoms with Crippen molar-refractivity contribution < 1.29 is 89.4 Å². The van der Waals surface area contributed by atoms with Crippen LogP contribution < -0.4 is 5.32 Å². The van der Waals surface area contributed by atoms with Gasteiger partial charge in [0.25, 0.3) is 0 Å². The van der Waals surface area contributed by atoms with Gasteiger partial charge in [-0.1, -0.05) is 166 Å². The van der Waals surface area contributed by atoms with E-state index in [9.17, 15) is 61.0 Å². The summed E-state index contributed by atoms with van der Waals surface area (Å²) in [6.45, 7) is 1.41. The van der Waals surface area contributed by atoms with E-state index in [4.69, 9.17) is 28.4 Å².